The van der Waals surface area contributed by atoms with Crippen LogP contribution in [-0.4, -0.2) is 15.0 Å². The Labute approximate surface area is 136 Å². The van der Waals surface area contributed by atoms with Crippen LogP contribution < -0.4 is 10.0 Å². The topological polar surface area (TPSA) is 63.4 Å². The van der Waals surface area contributed by atoms with Gasteiger partial charge in [0.1, 0.15) is 5.82 Å². The van der Waals surface area contributed by atoms with Crippen molar-refractivity contribution >= 4 is 31.6 Å². The van der Waals surface area contributed by atoms with Gasteiger partial charge in [-0.15, -0.1) is 0 Å². The zero-order valence-electron chi connectivity index (χ0n) is 11.6. The molecule has 3 rings (SSSR count). The van der Waals surface area contributed by atoms with Crippen LogP contribution in [0.2, 0.25) is 0 Å². The number of primary sulfonamides is 1. The first-order chi connectivity index (χ1) is 10.3. The zero-order chi connectivity index (χ0) is 15.9. The first-order valence-electron chi connectivity index (χ1n) is 6.69. The first kappa shape index (κ1) is 15.5. The molecule has 0 amide bonds. The molecule has 116 valence electrons. The molecule has 0 aliphatic carbocycles. The van der Waals surface area contributed by atoms with Crippen molar-refractivity contribution in [3.05, 3.63) is 57.8 Å². The Morgan fingerprint density at radius 1 is 1.23 bits per heavy atom. The Hall–Kier alpha value is -1.44. The summed E-state index contributed by atoms with van der Waals surface area (Å²) in [5.41, 5.74) is 2.93. The average molecular weight is 385 g/mol. The maximum atomic E-state index is 13.1. The van der Waals surface area contributed by atoms with E-state index in [0.717, 1.165) is 34.3 Å². The lowest BCUT2D eigenvalue weighted by Gasteiger charge is -2.20. The SMILES string of the molecule is NS(=O)(=O)c1ccc2c(c1)CCN2Cc1ccc(F)cc1Br. The van der Waals surface area contributed by atoms with Gasteiger partial charge in [-0.2, -0.15) is 0 Å². The monoisotopic (exact) mass is 384 g/mol. The number of fused-ring (bicyclic) bond motifs is 1. The molecule has 22 heavy (non-hydrogen) atoms. The highest BCUT2D eigenvalue weighted by Crippen LogP contribution is 2.32. The summed E-state index contributed by atoms with van der Waals surface area (Å²) in [6.07, 6.45) is 0.761. The molecular formula is C15H14BrFN2O2S. The maximum Gasteiger partial charge on any atom is 0.238 e. The van der Waals surface area contributed by atoms with Crippen molar-refractivity contribution in [1.82, 2.24) is 0 Å². The van der Waals surface area contributed by atoms with E-state index in [1.807, 2.05) is 0 Å². The Morgan fingerprint density at radius 2 is 2.00 bits per heavy atom. The maximum absolute atomic E-state index is 13.1. The number of benzene rings is 2. The van der Waals surface area contributed by atoms with Gasteiger partial charge in [0.25, 0.3) is 0 Å². The van der Waals surface area contributed by atoms with E-state index in [9.17, 15) is 12.8 Å². The molecule has 7 heteroatoms. The van der Waals surface area contributed by atoms with Crippen LogP contribution in [0.25, 0.3) is 0 Å². The van der Waals surface area contributed by atoms with Crippen LogP contribution in [-0.2, 0) is 23.0 Å². The summed E-state index contributed by atoms with van der Waals surface area (Å²) >= 11 is 3.37. The molecule has 0 radical (unpaired) electrons. The van der Waals surface area contributed by atoms with Gasteiger partial charge in [0.05, 0.1) is 4.90 Å². The van der Waals surface area contributed by atoms with Crippen LogP contribution in [0.5, 0.6) is 0 Å². The zero-order valence-corrected chi connectivity index (χ0v) is 14.0. The van der Waals surface area contributed by atoms with Crippen molar-refractivity contribution < 1.29 is 12.8 Å². The van der Waals surface area contributed by atoms with Gasteiger partial charge in [-0.25, -0.2) is 17.9 Å². The minimum Gasteiger partial charge on any atom is -0.367 e. The summed E-state index contributed by atoms with van der Waals surface area (Å²) in [6.45, 7) is 1.41. The van der Waals surface area contributed by atoms with Gasteiger partial charge in [0.2, 0.25) is 10.0 Å². The molecule has 0 atom stereocenters. The Kier molecular flexibility index (Phi) is 3.96. The molecule has 0 bridgehead atoms. The highest BCUT2D eigenvalue weighted by molar-refractivity contribution is 9.10. The lowest BCUT2D eigenvalue weighted by molar-refractivity contribution is 0.597. The summed E-state index contributed by atoms with van der Waals surface area (Å²) in [5.74, 6) is -0.282. The molecular weight excluding hydrogens is 371 g/mol. The number of hydrogen-bond acceptors (Lipinski definition) is 3. The molecule has 1 aliphatic rings. The van der Waals surface area contributed by atoms with E-state index in [1.165, 1.54) is 18.2 Å². The van der Waals surface area contributed by atoms with E-state index in [4.69, 9.17) is 5.14 Å². The van der Waals surface area contributed by atoms with Gasteiger partial charge in [-0.05, 0) is 47.9 Å². The van der Waals surface area contributed by atoms with Crippen LogP contribution in [0.4, 0.5) is 10.1 Å². The molecule has 0 saturated heterocycles. The fourth-order valence-electron chi connectivity index (χ4n) is 2.64. The first-order valence-corrected chi connectivity index (χ1v) is 9.03. The number of nitrogens with two attached hydrogens (primary N) is 1. The molecule has 1 heterocycles. The number of hydrogen-bond donors (Lipinski definition) is 1. The lowest BCUT2D eigenvalue weighted by Crippen LogP contribution is -2.20. The van der Waals surface area contributed by atoms with Crippen molar-refractivity contribution in [1.29, 1.82) is 0 Å². The molecule has 0 spiro atoms. The third kappa shape index (κ3) is 3.02. The Morgan fingerprint density at radius 3 is 2.68 bits per heavy atom. The van der Waals surface area contributed by atoms with Crippen LogP contribution in [0.1, 0.15) is 11.1 Å². The predicted molar refractivity (Wildman–Crippen MR) is 86.7 cm³/mol. The fourth-order valence-corrected chi connectivity index (χ4v) is 3.68. The summed E-state index contributed by atoms with van der Waals surface area (Å²) in [5, 5.41) is 5.16. The minimum absolute atomic E-state index is 0.135. The van der Waals surface area contributed by atoms with Crippen molar-refractivity contribution in [2.24, 2.45) is 5.14 Å². The summed E-state index contributed by atoms with van der Waals surface area (Å²) in [6, 6.07) is 9.55. The van der Waals surface area contributed by atoms with Crippen molar-refractivity contribution in [3.8, 4) is 0 Å². The van der Waals surface area contributed by atoms with E-state index in [-0.39, 0.29) is 10.7 Å². The van der Waals surface area contributed by atoms with Crippen LogP contribution in [0, 0.1) is 5.82 Å². The van der Waals surface area contributed by atoms with Crippen LogP contribution in [0.3, 0.4) is 0 Å². The third-order valence-corrected chi connectivity index (χ3v) is 5.40. The molecule has 2 aromatic rings. The number of sulfonamides is 1. The minimum atomic E-state index is -3.68. The number of rotatable bonds is 3. The second kappa shape index (κ2) is 5.64. The van der Waals surface area contributed by atoms with E-state index >= 15 is 0 Å². The van der Waals surface area contributed by atoms with E-state index in [1.54, 1.807) is 18.2 Å². The van der Waals surface area contributed by atoms with Crippen molar-refractivity contribution in [3.63, 3.8) is 0 Å². The van der Waals surface area contributed by atoms with Gasteiger partial charge in [0.15, 0.2) is 0 Å². The molecule has 2 N–H and O–H groups in total. The number of anilines is 1. The van der Waals surface area contributed by atoms with Gasteiger partial charge < -0.3 is 4.90 Å². The van der Waals surface area contributed by atoms with Crippen molar-refractivity contribution in [2.45, 2.75) is 17.9 Å². The second-order valence-corrected chi connectivity index (χ2v) is 7.66. The third-order valence-electron chi connectivity index (χ3n) is 3.75. The molecule has 1 aliphatic heterocycles. The quantitative estimate of drug-likeness (QED) is 0.884. The largest absolute Gasteiger partial charge is 0.367 e. The second-order valence-electron chi connectivity index (χ2n) is 5.24. The van der Waals surface area contributed by atoms with Gasteiger partial charge in [0, 0.05) is 23.2 Å². The van der Waals surface area contributed by atoms with Gasteiger partial charge in [-0.3, -0.25) is 0 Å². The molecule has 0 aromatic heterocycles. The molecule has 4 nitrogen and oxygen atoms in total. The molecule has 0 fully saturated rings. The van der Waals surface area contributed by atoms with E-state index < -0.39 is 10.0 Å². The predicted octanol–water partition coefficient (Wildman–Crippen LogP) is 2.80. The van der Waals surface area contributed by atoms with E-state index in [2.05, 4.69) is 20.8 Å². The Bertz CT molecular complexity index is 839. The standard InChI is InChI=1S/C15H14BrFN2O2S/c16-14-8-12(17)2-1-11(14)9-19-6-5-10-7-13(22(18,20)21)3-4-15(10)19/h1-4,7-8H,5-6,9H2,(H2,18,20,21). The highest BCUT2D eigenvalue weighted by atomic mass is 79.9. The Balaban J connectivity index is 1.89. The van der Waals surface area contributed by atoms with Gasteiger partial charge in [-0.1, -0.05) is 22.0 Å². The highest BCUT2D eigenvalue weighted by Gasteiger charge is 2.22. The molecule has 0 unspecified atom stereocenters. The van der Waals surface area contributed by atoms with Crippen LogP contribution in [0.15, 0.2) is 45.8 Å². The fraction of sp³-hybridized carbons (Fsp3) is 0.200. The van der Waals surface area contributed by atoms with Gasteiger partial charge >= 0.3 is 0 Å². The smallest absolute Gasteiger partial charge is 0.238 e. The molecule has 0 saturated carbocycles. The summed E-state index contributed by atoms with van der Waals surface area (Å²) < 4.78 is 36.7. The summed E-state index contributed by atoms with van der Waals surface area (Å²) in [7, 11) is -3.68. The lowest BCUT2D eigenvalue weighted by atomic mass is 10.1. The normalized spacial score (nSPS) is 14.2. The summed E-state index contributed by atoms with van der Waals surface area (Å²) in [4.78, 5) is 2.27. The number of nitrogens with zero attached hydrogens (tertiary/aromatic N) is 1. The van der Waals surface area contributed by atoms with Crippen LogP contribution >= 0.6 is 15.9 Å². The average Bonchev–Trinajstić information content (AvgIpc) is 2.83. The van der Waals surface area contributed by atoms with E-state index in [0.29, 0.717) is 6.54 Å². The van der Waals surface area contributed by atoms with Crippen molar-refractivity contribution in [2.75, 3.05) is 11.4 Å². The number of halogens is 2. The molecule has 2 aromatic carbocycles.